The van der Waals surface area contributed by atoms with Crippen LogP contribution in [0.4, 0.5) is 0 Å². The van der Waals surface area contributed by atoms with Crippen LogP contribution in [0.3, 0.4) is 0 Å². The molecule has 0 fully saturated rings. The normalized spacial score (nSPS) is 10.7. The van der Waals surface area contributed by atoms with E-state index in [2.05, 4.69) is 4.90 Å². The van der Waals surface area contributed by atoms with Crippen molar-refractivity contribution < 1.29 is 9.53 Å². The fourth-order valence-electron chi connectivity index (χ4n) is 1.74. The van der Waals surface area contributed by atoms with E-state index in [0.717, 1.165) is 24.4 Å². The summed E-state index contributed by atoms with van der Waals surface area (Å²) in [6.07, 6.45) is 0. The number of nitrogens with two attached hydrogens (primary N) is 1. The smallest absolute Gasteiger partial charge is 0.236 e. The molecule has 112 valence electrons. The number of hydrogen-bond acceptors (Lipinski definition) is 4. The Morgan fingerprint density at radius 2 is 2.10 bits per heavy atom. The lowest BCUT2D eigenvalue weighted by Gasteiger charge is -2.21. The average molecular weight is 279 g/mol. The van der Waals surface area contributed by atoms with Gasteiger partial charge in [-0.15, -0.1) is 0 Å². The van der Waals surface area contributed by atoms with Crippen molar-refractivity contribution in [2.24, 2.45) is 5.73 Å². The van der Waals surface area contributed by atoms with Gasteiger partial charge in [-0.05, 0) is 24.2 Å². The predicted molar refractivity (Wildman–Crippen MR) is 80.6 cm³/mol. The van der Waals surface area contributed by atoms with Gasteiger partial charge >= 0.3 is 0 Å². The Morgan fingerprint density at radius 3 is 2.70 bits per heavy atom. The second-order valence-electron chi connectivity index (χ2n) is 4.86. The lowest BCUT2D eigenvalue weighted by Crippen LogP contribution is -2.38. The van der Waals surface area contributed by atoms with Crippen molar-refractivity contribution in [3.63, 3.8) is 0 Å². The second kappa shape index (κ2) is 8.55. The summed E-state index contributed by atoms with van der Waals surface area (Å²) in [5, 5.41) is 0. The van der Waals surface area contributed by atoms with Gasteiger partial charge in [-0.25, -0.2) is 0 Å². The lowest BCUT2D eigenvalue weighted by atomic mass is 10.2. The molecule has 0 radical (unpaired) electrons. The van der Waals surface area contributed by atoms with Gasteiger partial charge in [-0.3, -0.25) is 9.69 Å². The van der Waals surface area contributed by atoms with Crippen LogP contribution < -0.4 is 10.5 Å². The molecule has 0 aliphatic rings. The van der Waals surface area contributed by atoms with E-state index in [1.165, 1.54) is 0 Å². The van der Waals surface area contributed by atoms with Crippen LogP contribution >= 0.6 is 0 Å². The maximum Gasteiger partial charge on any atom is 0.236 e. The molecule has 0 aliphatic heterocycles. The highest BCUT2D eigenvalue weighted by Gasteiger charge is 2.10. The van der Waals surface area contributed by atoms with Crippen LogP contribution in [0.15, 0.2) is 24.3 Å². The van der Waals surface area contributed by atoms with E-state index in [0.29, 0.717) is 19.7 Å². The largest absolute Gasteiger partial charge is 0.492 e. The Labute approximate surface area is 121 Å². The van der Waals surface area contributed by atoms with Crippen LogP contribution in [0.5, 0.6) is 5.75 Å². The minimum absolute atomic E-state index is 0.108. The fourth-order valence-corrected chi connectivity index (χ4v) is 1.74. The molecule has 0 atom stereocenters. The van der Waals surface area contributed by atoms with Gasteiger partial charge in [0.05, 0.1) is 6.54 Å². The molecule has 1 rings (SSSR count). The Morgan fingerprint density at radius 1 is 1.35 bits per heavy atom. The highest BCUT2D eigenvalue weighted by Crippen LogP contribution is 2.12. The summed E-state index contributed by atoms with van der Waals surface area (Å²) >= 11 is 0. The number of carbonyl (C=O) groups excluding carboxylic acids is 1. The fraction of sp³-hybridized carbons (Fsp3) is 0.533. The maximum absolute atomic E-state index is 11.7. The van der Waals surface area contributed by atoms with Crippen molar-refractivity contribution in [2.75, 3.05) is 40.3 Å². The van der Waals surface area contributed by atoms with Crippen LogP contribution in [0, 0.1) is 0 Å². The molecular weight excluding hydrogens is 254 g/mol. The van der Waals surface area contributed by atoms with Crippen LogP contribution in [-0.2, 0) is 11.3 Å². The molecule has 0 unspecified atom stereocenters. The first-order valence-corrected chi connectivity index (χ1v) is 6.91. The third kappa shape index (κ3) is 5.59. The molecule has 0 bridgehead atoms. The number of nitrogens with zero attached hydrogens (tertiary/aromatic N) is 2. The number of hydrogen-bond donors (Lipinski definition) is 1. The number of ether oxygens (including phenoxy) is 1. The van der Waals surface area contributed by atoms with Crippen molar-refractivity contribution in [2.45, 2.75) is 13.5 Å². The summed E-state index contributed by atoms with van der Waals surface area (Å²) in [5.41, 5.74) is 6.65. The molecular formula is C15H25N3O2. The Bertz CT molecular complexity index is 421. The monoisotopic (exact) mass is 279 g/mol. The van der Waals surface area contributed by atoms with Gasteiger partial charge in [0.25, 0.3) is 0 Å². The minimum atomic E-state index is 0.108. The number of carbonyl (C=O) groups is 1. The highest BCUT2D eigenvalue weighted by molar-refractivity contribution is 5.77. The maximum atomic E-state index is 11.7. The molecule has 0 saturated heterocycles. The third-order valence-electron chi connectivity index (χ3n) is 3.12. The zero-order valence-corrected chi connectivity index (χ0v) is 12.6. The SMILES string of the molecule is CCN(CCOc1cccc(CN)c1)CC(=O)N(C)C. The van der Waals surface area contributed by atoms with Gasteiger partial charge in [0.1, 0.15) is 12.4 Å². The first-order chi connectivity index (χ1) is 9.56. The van der Waals surface area contributed by atoms with Gasteiger partial charge in [0.15, 0.2) is 0 Å². The van der Waals surface area contributed by atoms with E-state index in [9.17, 15) is 4.79 Å². The Kier molecular flexibility index (Phi) is 7.04. The number of rotatable bonds is 8. The summed E-state index contributed by atoms with van der Waals surface area (Å²) in [7, 11) is 3.54. The third-order valence-corrected chi connectivity index (χ3v) is 3.12. The van der Waals surface area contributed by atoms with Crippen LogP contribution in [-0.4, -0.2) is 56.0 Å². The number of benzene rings is 1. The van der Waals surface area contributed by atoms with Crippen molar-refractivity contribution in [1.82, 2.24) is 9.80 Å². The van der Waals surface area contributed by atoms with Crippen LogP contribution in [0.25, 0.3) is 0 Å². The van der Waals surface area contributed by atoms with Crippen LogP contribution in [0.2, 0.25) is 0 Å². The molecule has 0 spiro atoms. The minimum Gasteiger partial charge on any atom is -0.492 e. The van der Waals surface area contributed by atoms with Crippen molar-refractivity contribution in [3.05, 3.63) is 29.8 Å². The van der Waals surface area contributed by atoms with Gasteiger partial charge in [0.2, 0.25) is 5.91 Å². The quantitative estimate of drug-likeness (QED) is 0.769. The molecule has 0 saturated carbocycles. The van der Waals surface area contributed by atoms with Crippen molar-refractivity contribution in [3.8, 4) is 5.75 Å². The molecule has 5 heteroatoms. The van der Waals surface area contributed by atoms with E-state index in [1.807, 2.05) is 31.2 Å². The van der Waals surface area contributed by atoms with E-state index in [-0.39, 0.29) is 5.91 Å². The Balaban J connectivity index is 2.39. The van der Waals surface area contributed by atoms with Crippen LogP contribution in [0.1, 0.15) is 12.5 Å². The average Bonchev–Trinajstić information content (AvgIpc) is 2.46. The molecule has 1 aromatic rings. The zero-order chi connectivity index (χ0) is 15.0. The summed E-state index contributed by atoms with van der Waals surface area (Å²) in [5.74, 6) is 0.930. The van der Waals surface area contributed by atoms with E-state index >= 15 is 0 Å². The summed E-state index contributed by atoms with van der Waals surface area (Å²) in [6.45, 7) is 5.08. The van der Waals surface area contributed by atoms with E-state index in [4.69, 9.17) is 10.5 Å². The standard InChI is InChI=1S/C15H25N3O2/c1-4-18(12-15(19)17(2)3)8-9-20-14-7-5-6-13(10-14)11-16/h5-7,10H,4,8-9,11-12,16H2,1-3H3. The topological polar surface area (TPSA) is 58.8 Å². The van der Waals surface area contributed by atoms with Gasteiger partial charge in [0, 0.05) is 27.2 Å². The van der Waals surface area contributed by atoms with E-state index < -0.39 is 0 Å². The molecule has 0 heterocycles. The molecule has 1 amide bonds. The number of likely N-dealkylation sites (N-methyl/N-ethyl adjacent to an activating group) is 2. The highest BCUT2D eigenvalue weighted by atomic mass is 16.5. The summed E-state index contributed by atoms with van der Waals surface area (Å²) in [6, 6.07) is 7.77. The first-order valence-electron chi connectivity index (χ1n) is 6.91. The van der Waals surface area contributed by atoms with Gasteiger partial charge < -0.3 is 15.4 Å². The summed E-state index contributed by atoms with van der Waals surface area (Å²) in [4.78, 5) is 15.3. The Hall–Kier alpha value is -1.59. The lowest BCUT2D eigenvalue weighted by molar-refractivity contribution is -0.129. The predicted octanol–water partition coefficient (Wildman–Crippen LogP) is 0.934. The molecule has 1 aromatic carbocycles. The number of amides is 1. The van der Waals surface area contributed by atoms with Crippen molar-refractivity contribution >= 4 is 5.91 Å². The molecule has 0 aliphatic carbocycles. The summed E-state index contributed by atoms with van der Waals surface area (Å²) < 4.78 is 5.70. The van der Waals surface area contributed by atoms with E-state index in [1.54, 1.807) is 19.0 Å². The van der Waals surface area contributed by atoms with Gasteiger partial charge in [-0.1, -0.05) is 19.1 Å². The molecule has 0 aromatic heterocycles. The molecule has 2 N–H and O–H groups in total. The van der Waals surface area contributed by atoms with Crippen molar-refractivity contribution in [1.29, 1.82) is 0 Å². The second-order valence-corrected chi connectivity index (χ2v) is 4.86. The molecule has 20 heavy (non-hydrogen) atoms. The van der Waals surface area contributed by atoms with Gasteiger partial charge in [-0.2, -0.15) is 0 Å². The molecule has 5 nitrogen and oxygen atoms in total. The first kappa shape index (κ1) is 16.5. The zero-order valence-electron chi connectivity index (χ0n) is 12.6.